The predicted octanol–water partition coefficient (Wildman–Crippen LogP) is 3.42. The molecule has 0 spiro atoms. The third kappa shape index (κ3) is 4.65. The van der Waals surface area contributed by atoms with Crippen LogP contribution in [0.5, 0.6) is 0 Å². The highest BCUT2D eigenvalue weighted by atomic mass is 35.6. The highest BCUT2D eigenvalue weighted by Crippen LogP contribution is 2.28. The van der Waals surface area contributed by atoms with Crippen LogP contribution in [0.1, 0.15) is 15.9 Å². The van der Waals surface area contributed by atoms with Gasteiger partial charge >= 0.3 is 0 Å². The van der Waals surface area contributed by atoms with Gasteiger partial charge in [-0.25, -0.2) is 0 Å². The summed E-state index contributed by atoms with van der Waals surface area (Å²) in [6.45, 7) is 0.516. The maximum Gasteiger partial charge on any atom is 0.262 e. The van der Waals surface area contributed by atoms with Crippen molar-refractivity contribution in [2.45, 2.75) is 16.5 Å². The maximum absolute atomic E-state index is 12.8. The Morgan fingerprint density at radius 3 is 2.58 bits per heavy atom. The molecule has 0 bridgehead atoms. The smallest absolute Gasteiger partial charge is 0.262 e. The zero-order chi connectivity index (χ0) is 18.6. The van der Waals surface area contributed by atoms with Crippen molar-refractivity contribution in [3.63, 3.8) is 0 Å². The van der Waals surface area contributed by atoms with Crippen LogP contribution in [0.25, 0.3) is 10.8 Å². The Kier molecular flexibility index (Phi) is 5.99. The van der Waals surface area contributed by atoms with E-state index in [4.69, 9.17) is 34.8 Å². The van der Waals surface area contributed by atoms with Gasteiger partial charge in [0.05, 0.1) is 0 Å². The van der Waals surface area contributed by atoms with Crippen molar-refractivity contribution in [1.82, 2.24) is 10.3 Å². The van der Waals surface area contributed by atoms with Gasteiger partial charge in [0.15, 0.2) is 0 Å². The molecule has 3 rings (SSSR count). The first-order valence-corrected chi connectivity index (χ1v) is 9.16. The predicted molar refractivity (Wildman–Crippen MR) is 105 cm³/mol. The number of alkyl halides is 3. The van der Waals surface area contributed by atoms with Crippen molar-refractivity contribution in [2.75, 3.05) is 0 Å². The van der Waals surface area contributed by atoms with Crippen LogP contribution >= 0.6 is 34.8 Å². The molecule has 0 unspecified atom stereocenters. The van der Waals surface area contributed by atoms with Crippen LogP contribution in [-0.2, 0) is 6.54 Å². The van der Waals surface area contributed by atoms with Crippen LogP contribution in [0.2, 0.25) is 0 Å². The molecule has 0 radical (unpaired) electrons. The lowest BCUT2D eigenvalue weighted by Gasteiger charge is -2.23. The van der Waals surface area contributed by atoms with Gasteiger partial charge in [-0.15, -0.1) is 0 Å². The molecule has 2 aromatic carbocycles. The van der Waals surface area contributed by atoms with Crippen molar-refractivity contribution in [3.05, 3.63) is 78.1 Å². The average molecular weight is 410 g/mol. The van der Waals surface area contributed by atoms with E-state index >= 15 is 0 Å². The first-order valence-electron chi connectivity index (χ1n) is 8.03. The number of hydrogen-bond donors (Lipinski definition) is 2. The van der Waals surface area contributed by atoms with E-state index in [1.165, 1.54) is 0 Å². The first kappa shape index (κ1) is 18.9. The molecule has 1 heterocycles. The lowest BCUT2D eigenvalue weighted by Crippen LogP contribution is -2.95. The lowest BCUT2D eigenvalue weighted by atomic mass is 10.0. The number of nitrogens with zero attached hydrogens (tertiary/aromatic N) is 1. The van der Waals surface area contributed by atoms with Gasteiger partial charge in [0.1, 0.15) is 6.54 Å². The number of quaternary nitrogens is 1. The Hall–Kier alpha value is -1.85. The van der Waals surface area contributed by atoms with E-state index < -0.39 is 9.96 Å². The molecule has 3 N–H and O–H groups in total. The third-order valence-corrected chi connectivity index (χ3v) is 4.69. The minimum Gasteiger partial charge on any atom is -0.319 e. The largest absolute Gasteiger partial charge is 0.319 e. The second-order valence-electron chi connectivity index (χ2n) is 5.82. The fraction of sp³-hybridized carbons (Fsp3) is 0.158. The van der Waals surface area contributed by atoms with Crippen molar-refractivity contribution in [2.24, 2.45) is 0 Å². The van der Waals surface area contributed by atoms with E-state index in [9.17, 15) is 4.79 Å². The fourth-order valence-electron chi connectivity index (χ4n) is 2.69. The quantitative estimate of drug-likeness (QED) is 0.501. The van der Waals surface area contributed by atoms with Crippen LogP contribution in [0.4, 0.5) is 0 Å². The highest BCUT2D eigenvalue weighted by molar-refractivity contribution is 6.68. The van der Waals surface area contributed by atoms with Gasteiger partial charge < -0.3 is 5.32 Å². The number of nitrogens with two attached hydrogens (primary N) is 1. The second-order valence-corrected chi connectivity index (χ2v) is 8.19. The van der Waals surface area contributed by atoms with E-state index in [1.54, 1.807) is 23.8 Å². The van der Waals surface area contributed by atoms with Gasteiger partial charge in [-0.2, -0.15) is 0 Å². The van der Waals surface area contributed by atoms with Gasteiger partial charge in [-0.1, -0.05) is 77.3 Å². The summed E-state index contributed by atoms with van der Waals surface area (Å²) >= 11 is 18.3. The maximum atomic E-state index is 12.8. The second kappa shape index (κ2) is 8.23. The molecular formula is C19H17Cl3N3O+. The Morgan fingerprint density at radius 2 is 1.85 bits per heavy atom. The van der Waals surface area contributed by atoms with Gasteiger partial charge in [-0.3, -0.25) is 15.1 Å². The molecule has 0 aliphatic heterocycles. The van der Waals surface area contributed by atoms with Gasteiger partial charge in [0.2, 0.25) is 6.17 Å². The number of nitrogens with one attached hydrogen (secondary N) is 1. The number of carbonyl (C=O) groups excluding carboxylic acids is 1. The zero-order valence-electron chi connectivity index (χ0n) is 13.7. The van der Waals surface area contributed by atoms with E-state index in [2.05, 4.69) is 10.3 Å². The molecule has 0 saturated carbocycles. The van der Waals surface area contributed by atoms with Crippen molar-refractivity contribution in [1.29, 1.82) is 0 Å². The number of fused-ring (bicyclic) bond motifs is 1. The molecule has 134 valence electrons. The number of aromatic nitrogens is 1. The topological polar surface area (TPSA) is 58.6 Å². The van der Waals surface area contributed by atoms with E-state index in [1.807, 2.05) is 48.5 Å². The highest BCUT2D eigenvalue weighted by Gasteiger charge is 2.37. The number of hydrogen-bond acceptors (Lipinski definition) is 2. The van der Waals surface area contributed by atoms with Crippen molar-refractivity contribution < 1.29 is 10.1 Å². The molecule has 1 amide bonds. The van der Waals surface area contributed by atoms with Crippen molar-refractivity contribution >= 4 is 51.5 Å². The summed E-state index contributed by atoms with van der Waals surface area (Å²) in [5.74, 6) is -0.291. The molecule has 0 saturated heterocycles. The SMILES string of the molecule is O=C(N[C@@H]([NH2+]Cc1cccnc1)C(Cl)(Cl)Cl)c1cccc2ccccc12. The number of amides is 1. The molecular weight excluding hydrogens is 393 g/mol. The monoisotopic (exact) mass is 408 g/mol. The van der Waals surface area contributed by atoms with Crippen LogP contribution in [0.3, 0.4) is 0 Å². The fourth-order valence-corrected chi connectivity index (χ4v) is 3.12. The van der Waals surface area contributed by atoms with Gasteiger partial charge in [-0.05, 0) is 22.9 Å². The number of halogens is 3. The molecule has 26 heavy (non-hydrogen) atoms. The summed E-state index contributed by atoms with van der Waals surface area (Å²) in [5.41, 5.74) is 1.50. The molecule has 0 aliphatic rings. The molecule has 1 aromatic heterocycles. The van der Waals surface area contributed by atoms with Crippen LogP contribution in [0, 0.1) is 0 Å². The summed E-state index contributed by atoms with van der Waals surface area (Å²) < 4.78 is -1.66. The molecule has 3 aromatic rings. The molecule has 1 atom stereocenters. The van der Waals surface area contributed by atoms with Crippen molar-refractivity contribution in [3.8, 4) is 0 Å². The Balaban J connectivity index is 1.79. The summed E-state index contributed by atoms with van der Waals surface area (Å²) in [5, 5.41) is 6.42. The molecule has 0 fully saturated rings. The Labute approximate surface area is 166 Å². The Morgan fingerprint density at radius 1 is 1.08 bits per heavy atom. The Bertz CT molecular complexity index is 892. The summed E-state index contributed by atoms with van der Waals surface area (Å²) in [7, 11) is 0. The van der Waals surface area contributed by atoms with Gasteiger partial charge in [0.25, 0.3) is 9.70 Å². The number of rotatable bonds is 5. The zero-order valence-corrected chi connectivity index (χ0v) is 16.0. The number of carbonyl (C=O) groups is 1. The molecule has 4 nitrogen and oxygen atoms in total. The molecule has 7 heteroatoms. The summed E-state index contributed by atoms with van der Waals surface area (Å²) in [6, 6.07) is 17.0. The normalized spacial score (nSPS) is 12.7. The minimum absolute atomic E-state index is 0.291. The standard InChI is InChI=1S/C19H16Cl3N3O/c20-19(21,22)18(24-12-13-5-4-10-23-11-13)25-17(26)16-9-3-7-14-6-1-2-8-15(14)16/h1-11,18,24H,12H2,(H,25,26)/p+1/t18-/m1/s1. The van der Waals surface area contributed by atoms with E-state index in [0.717, 1.165) is 16.3 Å². The summed E-state index contributed by atoms with van der Waals surface area (Å²) in [6.07, 6.45) is 2.68. The third-order valence-electron chi connectivity index (χ3n) is 3.99. The average Bonchev–Trinajstić information content (AvgIpc) is 2.64. The van der Waals surface area contributed by atoms with E-state index in [0.29, 0.717) is 12.1 Å². The van der Waals surface area contributed by atoms with Crippen LogP contribution < -0.4 is 10.6 Å². The number of benzene rings is 2. The minimum atomic E-state index is -1.66. The lowest BCUT2D eigenvalue weighted by molar-refractivity contribution is -0.706. The van der Waals surface area contributed by atoms with Crippen LogP contribution in [0.15, 0.2) is 67.0 Å². The van der Waals surface area contributed by atoms with Gasteiger partial charge in [0, 0.05) is 23.5 Å². The molecule has 0 aliphatic carbocycles. The van der Waals surface area contributed by atoms with Crippen LogP contribution in [-0.4, -0.2) is 20.8 Å². The van der Waals surface area contributed by atoms with E-state index in [-0.39, 0.29) is 5.91 Å². The summed E-state index contributed by atoms with van der Waals surface area (Å²) in [4.78, 5) is 16.9. The number of pyridine rings is 1. The first-order chi connectivity index (χ1) is 12.4.